The van der Waals surface area contributed by atoms with E-state index in [4.69, 9.17) is 23.2 Å². The molecule has 2 aromatic heterocycles. The van der Waals surface area contributed by atoms with Gasteiger partial charge in [-0.15, -0.1) is 0 Å². The largest absolute Gasteiger partial charge is 0.252 e. The number of aromatic nitrogens is 3. The lowest BCUT2D eigenvalue weighted by atomic mass is 10.1. The van der Waals surface area contributed by atoms with E-state index in [0.717, 1.165) is 16.7 Å². The molecule has 0 saturated heterocycles. The van der Waals surface area contributed by atoms with Gasteiger partial charge in [0, 0.05) is 11.8 Å². The van der Waals surface area contributed by atoms with E-state index in [2.05, 4.69) is 15.0 Å². The average Bonchev–Trinajstić information content (AvgIpc) is 2.28. The van der Waals surface area contributed by atoms with Crippen molar-refractivity contribution < 1.29 is 0 Å². The predicted octanol–water partition coefficient (Wildman–Crippen LogP) is 4.02. The molecule has 2 aromatic rings. The summed E-state index contributed by atoms with van der Waals surface area (Å²) in [5.41, 5.74) is 3.59. The molecule has 0 fully saturated rings. The van der Waals surface area contributed by atoms with E-state index in [-0.39, 0.29) is 0 Å². The second-order valence-electron chi connectivity index (χ2n) is 4.14. The molecule has 0 aliphatic rings. The molecule has 0 unspecified atom stereocenters. The summed E-state index contributed by atoms with van der Waals surface area (Å²) in [4.78, 5) is 12.9. The minimum atomic E-state index is 0.397. The lowest BCUT2D eigenvalue weighted by molar-refractivity contribution is 1.04. The summed E-state index contributed by atoms with van der Waals surface area (Å²) in [6.45, 7) is 5.92. The fourth-order valence-corrected chi connectivity index (χ4v) is 2.43. The van der Waals surface area contributed by atoms with Crippen LogP contribution >= 0.6 is 23.2 Å². The first-order valence-electron chi connectivity index (χ1n) is 5.68. The number of pyridine rings is 1. The highest BCUT2D eigenvalue weighted by atomic mass is 35.5. The van der Waals surface area contributed by atoms with Gasteiger partial charge in [0.25, 0.3) is 0 Å². The summed E-state index contributed by atoms with van der Waals surface area (Å²) in [5, 5.41) is 0.795. The number of hydrogen-bond acceptors (Lipinski definition) is 3. The van der Waals surface area contributed by atoms with Gasteiger partial charge in [-0.25, -0.2) is 9.97 Å². The van der Waals surface area contributed by atoms with Crippen molar-refractivity contribution in [2.24, 2.45) is 0 Å². The molecule has 0 spiro atoms. The Morgan fingerprint density at radius 3 is 2.22 bits per heavy atom. The van der Waals surface area contributed by atoms with Crippen LogP contribution in [-0.4, -0.2) is 15.0 Å². The molecule has 0 saturated carbocycles. The van der Waals surface area contributed by atoms with Crippen LogP contribution in [0.2, 0.25) is 10.3 Å². The first-order valence-corrected chi connectivity index (χ1v) is 6.44. The van der Waals surface area contributed by atoms with Crippen LogP contribution in [0.1, 0.15) is 23.6 Å². The first-order chi connectivity index (χ1) is 8.52. The van der Waals surface area contributed by atoms with Crippen molar-refractivity contribution in [1.82, 2.24) is 15.0 Å². The van der Waals surface area contributed by atoms with E-state index >= 15 is 0 Å². The molecule has 3 nitrogen and oxygen atoms in total. The molecule has 0 bridgehead atoms. The van der Waals surface area contributed by atoms with E-state index in [1.165, 1.54) is 0 Å². The number of rotatable bonds is 2. The van der Waals surface area contributed by atoms with Gasteiger partial charge in [-0.3, -0.25) is 4.98 Å². The van der Waals surface area contributed by atoms with Crippen LogP contribution in [0.4, 0.5) is 0 Å². The van der Waals surface area contributed by atoms with Crippen LogP contribution in [-0.2, 0) is 6.42 Å². The summed E-state index contributed by atoms with van der Waals surface area (Å²) in [6, 6.07) is 2.03. The smallest absolute Gasteiger partial charge is 0.181 e. The number of halogens is 2. The highest BCUT2D eigenvalue weighted by molar-refractivity contribution is 6.34. The molecule has 0 aromatic carbocycles. The number of aryl methyl sites for hydroxylation is 2. The van der Waals surface area contributed by atoms with Crippen molar-refractivity contribution in [2.45, 2.75) is 27.2 Å². The van der Waals surface area contributed by atoms with Gasteiger partial charge in [0.1, 0.15) is 16.0 Å². The van der Waals surface area contributed by atoms with Gasteiger partial charge in [0.05, 0.1) is 0 Å². The maximum Gasteiger partial charge on any atom is 0.181 e. The lowest BCUT2D eigenvalue weighted by Gasteiger charge is -2.08. The third kappa shape index (κ3) is 2.47. The zero-order valence-corrected chi connectivity index (χ0v) is 12.0. The molecule has 0 N–H and O–H groups in total. The van der Waals surface area contributed by atoms with Crippen LogP contribution in [0.5, 0.6) is 0 Å². The van der Waals surface area contributed by atoms with E-state index in [1.807, 2.05) is 26.8 Å². The normalized spacial score (nSPS) is 10.7. The SMILES string of the molecule is CCc1c(Cl)nc(-c2ncc(C)cc2C)nc1Cl. The summed E-state index contributed by atoms with van der Waals surface area (Å²) in [6.07, 6.45) is 2.49. The molecular weight excluding hydrogens is 269 g/mol. The summed E-state index contributed by atoms with van der Waals surface area (Å²) in [5.74, 6) is 0.472. The van der Waals surface area contributed by atoms with Crippen molar-refractivity contribution >= 4 is 23.2 Å². The third-order valence-electron chi connectivity index (χ3n) is 2.69. The monoisotopic (exact) mass is 281 g/mol. The fraction of sp³-hybridized carbons (Fsp3) is 0.308. The molecule has 0 aliphatic carbocycles. The Bertz CT molecular complexity index is 574. The number of nitrogens with zero attached hydrogens (tertiary/aromatic N) is 3. The zero-order chi connectivity index (χ0) is 13.3. The Morgan fingerprint density at radius 2 is 1.72 bits per heavy atom. The molecule has 5 heteroatoms. The molecule has 2 rings (SSSR count). The van der Waals surface area contributed by atoms with Gasteiger partial charge in [-0.05, 0) is 31.4 Å². The van der Waals surface area contributed by atoms with Crippen molar-refractivity contribution in [2.75, 3.05) is 0 Å². The second kappa shape index (κ2) is 5.21. The van der Waals surface area contributed by atoms with Crippen LogP contribution in [0.25, 0.3) is 11.5 Å². The molecule has 94 valence electrons. The van der Waals surface area contributed by atoms with Crippen molar-refractivity contribution in [3.05, 3.63) is 39.3 Å². The van der Waals surface area contributed by atoms with Gasteiger partial charge < -0.3 is 0 Å². The Morgan fingerprint density at radius 1 is 1.11 bits per heavy atom. The molecule has 0 atom stereocenters. The summed E-state index contributed by atoms with van der Waals surface area (Å²) >= 11 is 12.2. The van der Waals surface area contributed by atoms with Crippen molar-refractivity contribution in [3.8, 4) is 11.5 Å². The third-order valence-corrected chi connectivity index (χ3v) is 3.31. The van der Waals surface area contributed by atoms with Crippen LogP contribution < -0.4 is 0 Å². The average molecular weight is 282 g/mol. The first kappa shape index (κ1) is 13.2. The Labute approximate surface area is 116 Å². The van der Waals surface area contributed by atoms with Crippen LogP contribution in [0, 0.1) is 13.8 Å². The van der Waals surface area contributed by atoms with Crippen molar-refractivity contribution in [3.63, 3.8) is 0 Å². The van der Waals surface area contributed by atoms with Crippen molar-refractivity contribution in [1.29, 1.82) is 0 Å². The number of hydrogen-bond donors (Lipinski definition) is 0. The minimum Gasteiger partial charge on any atom is -0.252 e. The topological polar surface area (TPSA) is 38.7 Å². The standard InChI is InChI=1S/C13H13Cl2N3/c1-4-9-11(14)17-13(18-12(9)15)10-8(3)5-7(2)6-16-10/h5-6H,4H2,1-3H3. The van der Waals surface area contributed by atoms with E-state index in [1.54, 1.807) is 6.20 Å². The highest BCUT2D eigenvalue weighted by Crippen LogP contribution is 2.26. The highest BCUT2D eigenvalue weighted by Gasteiger charge is 2.13. The zero-order valence-electron chi connectivity index (χ0n) is 10.5. The molecule has 0 amide bonds. The second-order valence-corrected chi connectivity index (χ2v) is 4.86. The Hall–Kier alpha value is -1.19. The van der Waals surface area contributed by atoms with Gasteiger partial charge in [0.15, 0.2) is 5.82 Å². The van der Waals surface area contributed by atoms with Gasteiger partial charge in [-0.1, -0.05) is 36.2 Å². The molecular formula is C13H13Cl2N3. The molecule has 2 heterocycles. The molecule has 0 aliphatic heterocycles. The molecule has 18 heavy (non-hydrogen) atoms. The maximum absolute atomic E-state index is 6.10. The van der Waals surface area contributed by atoms with Crippen LogP contribution in [0.3, 0.4) is 0 Å². The van der Waals surface area contributed by atoms with E-state index < -0.39 is 0 Å². The predicted molar refractivity (Wildman–Crippen MR) is 74.1 cm³/mol. The fourth-order valence-electron chi connectivity index (χ4n) is 1.78. The Kier molecular flexibility index (Phi) is 3.83. The minimum absolute atomic E-state index is 0.397. The lowest BCUT2D eigenvalue weighted by Crippen LogP contribution is -1.99. The maximum atomic E-state index is 6.10. The van der Waals surface area contributed by atoms with Gasteiger partial charge in [-0.2, -0.15) is 0 Å². The quantitative estimate of drug-likeness (QED) is 0.781. The van der Waals surface area contributed by atoms with Gasteiger partial charge in [0.2, 0.25) is 0 Å². The van der Waals surface area contributed by atoms with E-state index in [0.29, 0.717) is 28.2 Å². The van der Waals surface area contributed by atoms with Gasteiger partial charge >= 0.3 is 0 Å². The van der Waals surface area contributed by atoms with E-state index in [9.17, 15) is 0 Å². The Balaban J connectivity index is 2.58. The molecule has 0 radical (unpaired) electrons. The van der Waals surface area contributed by atoms with Crippen LogP contribution in [0.15, 0.2) is 12.3 Å². The summed E-state index contributed by atoms with van der Waals surface area (Å²) < 4.78 is 0. The summed E-state index contributed by atoms with van der Waals surface area (Å²) in [7, 11) is 0.